The van der Waals surface area contributed by atoms with E-state index in [1.54, 1.807) is 0 Å². The number of ether oxygens (including phenoxy) is 1. The van der Waals surface area contributed by atoms with Gasteiger partial charge < -0.3 is 20.1 Å². The molecule has 5 nitrogen and oxygen atoms in total. The summed E-state index contributed by atoms with van der Waals surface area (Å²) in [5.74, 6) is -12.6. The molecule has 0 amide bonds. The fraction of sp³-hybridized carbons (Fsp3) is 0.462. The van der Waals surface area contributed by atoms with Crippen LogP contribution in [0.25, 0.3) is 0 Å². The molecule has 1 aliphatic rings. The van der Waals surface area contributed by atoms with E-state index in [-0.39, 0.29) is 0 Å². The number of aliphatic hydroxyl groups excluding tert-OH is 3. The topological polar surface area (TPSA) is 82.3 Å². The summed E-state index contributed by atoms with van der Waals surface area (Å²) in [6.07, 6.45) is -8.34. The van der Waals surface area contributed by atoms with Gasteiger partial charge in [0.25, 0.3) is 5.90 Å². The molecule has 0 aliphatic carbocycles. The molecule has 2 rings (SSSR count). The molecule has 3 atom stereocenters. The highest BCUT2D eigenvalue weighted by molar-refractivity contribution is 5.80. The Labute approximate surface area is 136 Å². The molecule has 1 aromatic carbocycles. The SMILES string of the molecule is CO.OC(CC1N=C(C(F)F)OC1O)c1c(F)c(F)c(F)c(F)c1F. The van der Waals surface area contributed by atoms with Gasteiger partial charge in [-0.1, -0.05) is 0 Å². The summed E-state index contributed by atoms with van der Waals surface area (Å²) in [4.78, 5) is 3.18. The number of rotatable bonds is 4. The second-order valence-electron chi connectivity index (χ2n) is 4.58. The predicted molar refractivity (Wildman–Crippen MR) is 68.3 cm³/mol. The van der Waals surface area contributed by atoms with E-state index in [2.05, 4.69) is 9.73 Å². The molecule has 0 saturated carbocycles. The highest BCUT2D eigenvalue weighted by atomic mass is 19.3. The van der Waals surface area contributed by atoms with Gasteiger partial charge in [-0.3, -0.25) is 0 Å². The lowest BCUT2D eigenvalue weighted by molar-refractivity contribution is -0.0445. The number of nitrogens with zero attached hydrogens (tertiary/aromatic N) is 1. The number of halogens is 7. The summed E-state index contributed by atoms with van der Waals surface area (Å²) in [5.41, 5.74) is -1.55. The average molecular weight is 379 g/mol. The third kappa shape index (κ3) is 4.19. The summed E-state index contributed by atoms with van der Waals surface area (Å²) in [6, 6.07) is -1.57. The molecular weight excluding hydrogens is 367 g/mol. The van der Waals surface area contributed by atoms with Gasteiger partial charge in [0.15, 0.2) is 23.3 Å². The smallest absolute Gasteiger partial charge is 0.312 e. The molecule has 3 N–H and O–H groups in total. The lowest BCUT2D eigenvalue weighted by Crippen LogP contribution is -2.25. The van der Waals surface area contributed by atoms with Gasteiger partial charge in [-0.25, -0.2) is 26.9 Å². The van der Waals surface area contributed by atoms with E-state index in [0.29, 0.717) is 0 Å². The van der Waals surface area contributed by atoms with Crippen LogP contribution in [-0.4, -0.2) is 47.1 Å². The van der Waals surface area contributed by atoms with E-state index in [1.165, 1.54) is 0 Å². The van der Waals surface area contributed by atoms with E-state index in [0.717, 1.165) is 7.11 Å². The number of aliphatic hydroxyl groups is 3. The van der Waals surface area contributed by atoms with Gasteiger partial charge >= 0.3 is 6.43 Å². The first-order chi connectivity index (χ1) is 11.6. The number of aliphatic imine (C=N–C) groups is 1. The van der Waals surface area contributed by atoms with E-state index < -0.39 is 71.8 Å². The highest BCUT2D eigenvalue weighted by Crippen LogP contribution is 2.32. The van der Waals surface area contributed by atoms with Crippen molar-refractivity contribution >= 4 is 5.90 Å². The first-order valence-electron chi connectivity index (χ1n) is 6.49. The van der Waals surface area contributed by atoms with Crippen molar-refractivity contribution < 1.29 is 50.8 Å². The second kappa shape index (κ2) is 8.45. The van der Waals surface area contributed by atoms with Gasteiger partial charge in [-0.15, -0.1) is 0 Å². The monoisotopic (exact) mass is 379 g/mol. The maximum atomic E-state index is 13.5. The predicted octanol–water partition coefficient (Wildman–Crippen LogP) is 1.79. The zero-order chi connectivity index (χ0) is 19.5. The quantitative estimate of drug-likeness (QED) is 0.423. The van der Waals surface area contributed by atoms with Crippen LogP contribution in [-0.2, 0) is 4.74 Å². The van der Waals surface area contributed by atoms with Crippen molar-refractivity contribution in [3.05, 3.63) is 34.6 Å². The van der Waals surface area contributed by atoms with E-state index >= 15 is 0 Å². The van der Waals surface area contributed by atoms with E-state index in [9.17, 15) is 40.9 Å². The fourth-order valence-electron chi connectivity index (χ4n) is 2.00. The maximum absolute atomic E-state index is 13.5. The Morgan fingerprint density at radius 3 is 1.80 bits per heavy atom. The summed E-state index contributed by atoms with van der Waals surface area (Å²) in [6.45, 7) is 0. The number of benzene rings is 1. The standard InChI is InChI=1S/C12H8F7NO3.CH4O/c13-5-4(6(14)8(16)9(17)7(5)15)3(21)1-2-12(22)23-11(20-2)10(18)19;1-2/h2-3,10,12,21-22H,1H2;2H,1H3. The third-order valence-corrected chi connectivity index (χ3v) is 3.09. The first-order valence-corrected chi connectivity index (χ1v) is 6.49. The number of alkyl halides is 2. The molecule has 0 radical (unpaired) electrons. The van der Waals surface area contributed by atoms with E-state index in [4.69, 9.17) is 5.11 Å². The Hall–Kier alpha value is -1.92. The minimum Gasteiger partial charge on any atom is -0.445 e. The Kier molecular flexibility index (Phi) is 7.14. The summed E-state index contributed by atoms with van der Waals surface area (Å²) >= 11 is 0. The van der Waals surface area contributed by atoms with Crippen molar-refractivity contribution in [3.63, 3.8) is 0 Å². The molecule has 0 aromatic heterocycles. The molecule has 25 heavy (non-hydrogen) atoms. The fourth-order valence-corrected chi connectivity index (χ4v) is 2.00. The highest BCUT2D eigenvalue weighted by Gasteiger charge is 2.37. The second-order valence-corrected chi connectivity index (χ2v) is 4.58. The Bertz CT molecular complexity index is 627. The van der Waals surface area contributed by atoms with Gasteiger partial charge in [-0.05, 0) is 0 Å². The minimum absolute atomic E-state index is 0.907. The third-order valence-electron chi connectivity index (χ3n) is 3.09. The van der Waals surface area contributed by atoms with Crippen molar-refractivity contribution in [1.29, 1.82) is 0 Å². The molecule has 0 bridgehead atoms. The molecule has 1 aromatic rings. The molecule has 0 saturated heterocycles. The summed E-state index contributed by atoms with van der Waals surface area (Å²) < 4.78 is 94.9. The summed E-state index contributed by atoms with van der Waals surface area (Å²) in [5, 5.41) is 26.0. The first kappa shape index (κ1) is 21.1. The van der Waals surface area contributed by atoms with Crippen molar-refractivity contribution in [2.45, 2.75) is 31.3 Å². The van der Waals surface area contributed by atoms with Crippen molar-refractivity contribution in [3.8, 4) is 0 Å². The largest absolute Gasteiger partial charge is 0.445 e. The van der Waals surface area contributed by atoms with Gasteiger partial charge in [0, 0.05) is 13.5 Å². The zero-order valence-corrected chi connectivity index (χ0v) is 12.4. The van der Waals surface area contributed by atoms with Crippen LogP contribution in [0.15, 0.2) is 4.99 Å². The molecule has 0 fully saturated rings. The zero-order valence-electron chi connectivity index (χ0n) is 12.4. The van der Waals surface area contributed by atoms with Crippen molar-refractivity contribution in [1.82, 2.24) is 0 Å². The van der Waals surface area contributed by atoms with Gasteiger partial charge in [0.2, 0.25) is 12.1 Å². The van der Waals surface area contributed by atoms with Crippen LogP contribution in [0.1, 0.15) is 18.1 Å². The van der Waals surface area contributed by atoms with Crippen LogP contribution in [0, 0.1) is 29.1 Å². The lowest BCUT2D eigenvalue weighted by Gasteiger charge is -2.18. The van der Waals surface area contributed by atoms with E-state index in [1.807, 2.05) is 0 Å². The molecule has 1 aliphatic heterocycles. The average Bonchev–Trinajstić information content (AvgIpc) is 2.94. The normalized spacial score (nSPS) is 20.7. The number of hydrogen-bond donors (Lipinski definition) is 3. The maximum Gasteiger partial charge on any atom is 0.312 e. The van der Waals surface area contributed by atoms with Crippen LogP contribution >= 0.6 is 0 Å². The Morgan fingerprint density at radius 2 is 1.40 bits per heavy atom. The van der Waals surface area contributed by atoms with Gasteiger partial charge in [-0.2, -0.15) is 8.78 Å². The van der Waals surface area contributed by atoms with Crippen LogP contribution < -0.4 is 0 Å². The number of hydrogen-bond acceptors (Lipinski definition) is 5. The molecule has 1 heterocycles. The Morgan fingerprint density at radius 1 is 0.960 bits per heavy atom. The summed E-state index contributed by atoms with van der Waals surface area (Å²) in [7, 11) is 1.00. The lowest BCUT2D eigenvalue weighted by atomic mass is 10.00. The molecule has 3 unspecified atom stereocenters. The van der Waals surface area contributed by atoms with Crippen LogP contribution in [0.2, 0.25) is 0 Å². The molecular formula is C13H12F7NO4. The van der Waals surface area contributed by atoms with Crippen LogP contribution in [0.5, 0.6) is 0 Å². The minimum atomic E-state index is -3.18. The molecule has 0 spiro atoms. The Balaban J connectivity index is 0.00000151. The van der Waals surface area contributed by atoms with Crippen molar-refractivity contribution in [2.24, 2.45) is 4.99 Å². The van der Waals surface area contributed by atoms with Crippen molar-refractivity contribution in [2.75, 3.05) is 7.11 Å². The van der Waals surface area contributed by atoms with Gasteiger partial charge in [0.1, 0.15) is 6.04 Å². The molecule has 142 valence electrons. The van der Waals surface area contributed by atoms with Crippen LogP contribution in [0.4, 0.5) is 30.7 Å². The van der Waals surface area contributed by atoms with Crippen LogP contribution in [0.3, 0.4) is 0 Å². The van der Waals surface area contributed by atoms with Gasteiger partial charge in [0.05, 0.1) is 11.7 Å². The molecule has 12 heteroatoms.